The van der Waals surface area contributed by atoms with Crippen molar-refractivity contribution in [2.24, 2.45) is 4.36 Å². The third kappa shape index (κ3) is 4.06. The first-order valence-corrected chi connectivity index (χ1v) is 14.6. The number of aromatic nitrogens is 4. The van der Waals surface area contributed by atoms with Crippen molar-refractivity contribution in [3.63, 3.8) is 0 Å². The van der Waals surface area contributed by atoms with Gasteiger partial charge in [-0.1, -0.05) is 0 Å². The van der Waals surface area contributed by atoms with Crippen LogP contribution in [0, 0.1) is 25.5 Å². The minimum absolute atomic E-state index is 0.0516. The van der Waals surface area contributed by atoms with Gasteiger partial charge in [0.1, 0.15) is 17.5 Å². The van der Waals surface area contributed by atoms with Gasteiger partial charge in [0.15, 0.2) is 0 Å². The zero-order valence-electron chi connectivity index (χ0n) is 22.2. The topological polar surface area (TPSA) is 86.2 Å². The largest absolute Gasteiger partial charge is 0.338 e. The minimum Gasteiger partial charge on any atom is -0.310 e. The van der Waals surface area contributed by atoms with Crippen molar-refractivity contribution in [1.82, 2.24) is 24.2 Å². The zero-order valence-corrected chi connectivity index (χ0v) is 23.1. The number of fused-ring (bicyclic) bond motifs is 1. The fraction of sp³-hybridized carbons (Fsp3) is 0.357. The van der Waals surface area contributed by atoms with Crippen LogP contribution in [0.1, 0.15) is 48.2 Å². The third-order valence-electron chi connectivity index (χ3n) is 7.65. The van der Waals surface area contributed by atoms with Crippen molar-refractivity contribution in [1.29, 1.82) is 0 Å². The van der Waals surface area contributed by atoms with E-state index < -0.39 is 21.2 Å². The van der Waals surface area contributed by atoms with Crippen LogP contribution in [0.5, 0.6) is 0 Å². The summed E-state index contributed by atoms with van der Waals surface area (Å²) in [4.78, 5) is 14.1. The predicted octanol–water partition coefficient (Wildman–Crippen LogP) is 4.53. The van der Waals surface area contributed by atoms with E-state index in [1.807, 2.05) is 6.92 Å². The maximum Gasteiger partial charge on any atom is 0.338 e. The molecule has 11 heteroatoms. The monoisotopic (exact) mass is 552 g/mol. The average Bonchev–Trinajstić information content (AvgIpc) is 3.61. The number of aryl methyl sites for hydroxylation is 2. The maximum absolute atomic E-state index is 15.4. The van der Waals surface area contributed by atoms with Gasteiger partial charge in [-0.3, -0.25) is 9.13 Å². The molecular weight excluding hydrogens is 522 g/mol. The predicted molar refractivity (Wildman–Crippen MR) is 146 cm³/mol. The second-order valence-electron chi connectivity index (χ2n) is 10.3. The molecule has 1 fully saturated rings. The number of benzene rings is 2. The summed E-state index contributed by atoms with van der Waals surface area (Å²) in [6.45, 7) is 6.14. The van der Waals surface area contributed by atoms with Gasteiger partial charge in [0.25, 0.3) is 0 Å². The van der Waals surface area contributed by atoms with Crippen molar-refractivity contribution < 1.29 is 13.0 Å². The van der Waals surface area contributed by atoms with Gasteiger partial charge in [0, 0.05) is 49.3 Å². The van der Waals surface area contributed by atoms with Gasteiger partial charge in [-0.05, 0) is 75.1 Å². The van der Waals surface area contributed by atoms with Crippen LogP contribution in [-0.4, -0.2) is 42.0 Å². The van der Waals surface area contributed by atoms with E-state index in [-0.39, 0.29) is 22.8 Å². The Morgan fingerprint density at radius 1 is 1.08 bits per heavy atom. The fourth-order valence-electron chi connectivity index (χ4n) is 5.48. The summed E-state index contributed by atoms with van der Waals surface area (Å²) in [5.74, 6) is -0.409. The van der Waals surface area contributed by atoms with E-state index in [4.69, 9.17) is 5.10 Å². The number of rotatable bonds is 5. The average molecular weight is 553 g/mol. The Balaban J connectivity index is 1.51. The maximum atomic E-state index is 15.4. The van der Waals surface area contributed by atoms with Gasteiger partial charge in [-0.15, -0.1) is 0 Å². The van der Waals surface area contributed by atoms with Crippen LogP contribution in [0.25, 0.3) is 17.2 Å². The Morgan fingerprint density at radius 3 is 2.41 bits per heavy atom. The van der Waals surface area contributed by atoms with Crippen LogP contribution < -0.4 is 11.0 Å². The standard InChI is InChI=1S/C28H30F2N6O2S/c1-16-13-19(14-17(2)26(16)30)36-27(25-18(3)32-10-9-23(25)33-36)35-12-11-34(28(35)37)24-8-7-21(15-22(24)29)39(38,31-4)20-5-6-20/h7-8,11-15,18,20,32H,5-6,9-10H2,1-4H3/t18-,39?/m0/s1. The molecule has 2 aromatic carbocycles. The Bertz CT molecular complexity index is 1780. The molecule has 4 aromatic rings. The van der Waals surface area contributed by atoms with E-state index in [1.165, 1.54) is 34.5 Å². The van der Waals surface area contributed by atoms with E-state index in [1.54, 1.807) is 42.9 Å². The Labute approximate surface area is 225 Å². The first-order chi connectivity index (χ1) is 18.6. The van der Waals surface area contributed by atoms with Crippen LogP contribution in [-0.2, 0) is 16.1 Å². The summed E-state index contributed by atoms with van der Waals surface area (Å²) in [5, 5.41) is 8.20. The highest BCUT2D eigenvalue weighted by Gasteiger charge is 2.35. The van der Waals surface area contributed by atoms with E-state index in [2.05, 4.69) is 9.68 Å². The number of nitrogens with one attached hydrogen (secondary N) is 1. The normalized spacial score (nSPS) is 18.6. The molecule has 1 saturated carbocycles. The lowest BCUT2D eigenvalue weighted by Gasteiger charge is -2.21. The van der Waals surface area contributed by atoms with E-state index >= 15 is 4.39 Å². The molecule has 0 spiro atoms. The van der Waals surface area contributed by atoms with Crippen LogP contribution in [0.2, 0.25) is 0 Å². The smallest absolute Gasteiger partial charge is 0.310 e. The second-order valence-corrected chi connectivity index (χ2v) is 12.9. The van der Waals surface area contributed by atoms with Crippen molar-refractivity contribution in [3.8, 4) is 17.2 Å². The van der Waals surface area contributed by atoms with Crippen molar-refractivity contribution in [3.05, 3.63) is 87.2 Å². The van der Waals surface area contributed by atoms with E-state index in [0.717, 1.165) is 30.6 Å². The zero-order chi connectivity index (χ0) is 27.6. The molecule has 0 amide bonds. The SMILES string of the molecule is CN=S(=O)(c1ccc(-n2ccn(-c3c4c(nn3-c3cc(C)c(F)c(C)c3)CCN[C@H]4C)c2=O)c(F)c1)C1CC1. The highest BCUT2D eigenvalue weighted by Crippen LogP contribution is 2.36. The molecule has 204 valence electrons. The number of hydrogen-bond acceptors (Lipinski definition) is 5. The molecule has 2 atom stereocenters. The Kier molecular flexibility index (Phi) is 6.11. The van der Waals surface area contributed by atoms with Crippen LogP contribution in [0.15, 0.2) is 56.8 Å². The fourth-order valence-corrected chi connectivity index (χ4v) is 7.68. The molecule has 0 saturated heterocycles. The van der Waals surface area contributed by atoms with Gasteiger partial charge in [-0.25, -0.2) is 26.8 Å². The summed E-state index contributed by atoms with van der Waals surface area (Å²) in [7, 11) is -1.19. The van der Waals surface area contributed by atoms with Crippen LogP contribution in [0.4, 0.5) is 8.78 Å². The van der Waals surface area contributed by atoms with Gasteiger partial charge in [-0.2, -0.15) is 5.10 Å². The molecule has 0 radical (unpaired) electrons. The number of nitrogens with zero attached hydrogens (tertiary/aromatic N) is 5. The number of halogens is 2. The highest BCUT2D eigenvalue weighted by atomic mass is 32.2. The lowest BCUT2D eigenvalue weighted by molar-refractivity contribution is 0.536. The molecule has 8 nitrogen and oxygen atoms in total. The molecule has 6 rings (SSSR count). The van der Waals surface area contributed by atoms with Gasteiger partial charge in [0.05, 0.1) is 31.7 Å². The summed E-state index contributed by atoms with van der Waals surface area (Å²) in [6, 6.07) is 7.64. The molecule has 1 unspecified atom stereocenters. The Morgan fingerprint density at radius 2 is 1.77 bits per heavy atom. The third-order valence-corrected chi connectivity index (χ3v) is 10.5. The molecule has 1 aliphatic carbocycles. The van der Waals surface area contributed by atoms with Crippen molar-refractivity contribution >= 4 is 9.73 Å². The van der Waals surface area contributed by atoms with Gasteiger partial charge in [0.2, 0.25) is 0 Å². The molecule has 39 heavy (non-hydrogen) atoms. The quantitative estimate of drug-likeness (QED) is 0.394. The van der Waals surface area contributed by atoms with E-state index in [9.17, 15) is 13.4 Å². The molecule has 2 aromatic heterocycles. The molecule has 0 bridgehead atoms. The van der Waals surface area contributed by atoms with Crippen LogP contribution in [0.3, 0.4) is 0 Å². The Hall–Kier alpha value is -3.57. The van der Waals surface area contributed by atoms with Gasteiger partial charge < -0.3 is 5.32 Å². The summed E-state index contributed by atoms with van der Waals surface area (Å²) in [5.41, 5.74) is 2.87. The molecule has 1 aliphatic heterocycles. The summed E-state index contributed by atoms with van der Waals surface area (Å²) >= 11 is 0. The van der Waals surface area contributed by atoms with Crippen molar-refractivity contribution in [2.45, 2.75) is 56.2 Å². The highest BCUT2D eigenvalue weighted by molar-refractivity contribution is 7.94. The number of imidazole rings is 1. The molecule has 3 heterocycles. The second kappa shape index (κ2) is 9.27. The first-order valence-electron chi connectivity index (χ1n) is 13.0. The van der Waals surface area contributed by atoms with E-state index in [0.29, 0.717) is 33.9 Å². The summed E-state index contributed by atoms with van der Waals surface area (Å²) < 4.78 is 51.6. The lowest BCUT2D eigenvalue weighted by atomic mass is 10.0. The van der Waals surface area contributed by atoms with Crippen LogP contribution >= 0.6 is 0 Å². The lowest BCUT2D eigenvalue weighted by Crippen LogP contribution is -2.30. The molecule has 1 N–H and O–H groups in total. The van der Waals surface area contributed by atoms with Crippen molar-refractivity contribution in [2.75, 3.05) is 13.6 Å². The number of hydrogen-bond donors (Lipinski definition) is 1. The summed E-state index contributed by atoms with van der Waals surface area (Å²) in [6.07, 6.45) is 5.38. The first kappa shape index (κ1) is 25.7. The molecule has 2 aliphatic rings. The molecular formula is C28H30F2N6O2S. The van der Waals surface area contributed by atoms with Gasteiger partial charge >= 0.3 is 5.69 Å². The minimum atomic E-state index is -2.69.